The second kappa shape index (κ2) is 7.74. The van der Waals surface area contributed by atoms with Gasteiger partial charge in [-0.3, -0.25) is 14.4 Å². The SMILES string of the molecule is CCC1(O)C(C)C(=O)C(C(=O)OC)C(/C=N/N(C)C)C1C(=O)OC. The highest BCUT2D eigenvalue weighted by atomic mass is 16.5. The highest BCUT2D eigenvalue weighted by Gasteiger charge is 2.61. The summed E-state index contributed by atoms with van der Waals surface area (Å²) in [6.45, 7) is 3.19. The molecule has 136 valence electrons. The van der Waals surface area contributed by atoms with Crippen molar-refractivity contribution in [1.29, 1.82) is 0 Å². The lowest BCUT2D eigenvalue weighted by Crippen LogP contribution is -2.62. The number of carbonyl (C=O) groups is 3. The van der Waals surface area contributed by atoms with Crippen LogP contribution in [0, 0.1) is 23.7 Å². The predicted octanol–water partition coefficient (Wildman–Crippen LogP) is 0.0883. The third-order valence-corrected chi connectivity index (χ3v) is 4.74. The molecular weight excluding hydrogens is 316 g/mol. The monoisotopic (exact) mass is 342 g/mol. The summed E-state index contributed by atoms with van der Waals surface area (Å²) < 4.78 is 9.57. The summed E-state index contributed by atoms with van der Waals surface area (Å²) in [6.07, 6.45) is 1.49. The van der Waals surface area contributed by atoms with Gasteiger partial charge in [0.1, 0.15) is 5.92 Å². The molecule has 5 unspecified atom stereocenters. The van der Waals surface area contributed by atoms with E-state index < -0.39 is 47.0 Å². The minimum Gasteiger partial charge on any atom is -0.469 e. The quantitative estimate of drug-likeness (QED) is 0.327. The Kier molecular flexibility index (Phi) is 6.48. The molecule has 0 spiro atoms. The Bertz CT molecular complexity index is 533. The number of aliphatic hydroxyl groups is 1. The number of nitrogens with zero attached hydrogens (tertiary/aromatic N) is 2. The van der Waals surface area contributed by atoms with Crippen LogP contribution in [0.4, 0.5) is 0 Å². The Labute approximate surface area is 141 Å². The van der Waals surface area contributed by atoms with Gasteiger partial charge in [-0.2, -0.15) is 5.10 Å². The number of methoxy groups -OCH3 is 2. The zero-order valence-corrected chi connectivity index (χ0v) is 15.0. The van der Waals surface area contributed by atoms with Gasteiger partial charge in [0, 0.05) is 32.1 Å². The Morgan fingerprint density at radius 2 is 1.83 bits per heavy atom. The van der Waals surface area contributed by atoms with Crippen LogP contribution in [0.15, 0.2) is 5.10 Å². The van der Waals surface area contributed by atoms with E-state index in [1.165, 1.54) is 32.4 Å². The topological polar surface area (TPSA) is 105 Å². The second-order valence-electron chi connectivity index (χ2n) is 6.16. The van der Waals surface area contributed by atoms with E-state index in [1.54, 1.807) is 21.0 Å². The summed E-state index contributed by atoms with van der Waals surface area (Å²) in [6, 6.07) is 0. The van der Waals surface area contributed by atoms with Crippen molar-refractivity contribution in [3.8, 4) is 0 Å². The smallest absolute Gasteiger partial charge is 0.316 e. The zero-order valence-electron chi connectivity index (χ0n) is 15.0. The average Bonchev–Trinajstić information content (AvgIpc) is 2.56. The zero-order chi connectivity index (χ0) is 18.7. The first kappa shape index (κ1) is 20.1. The van der Waals surface area contributed by atoms with E-state index in [4.69, 9.17) is 9.47 Å². The lowest BCUT2D eigenvalue weighted by Gasteiger charge is -2.47. The highest BCUT2D eigenvalue weighted by Crippen LogP contribution is 2.45. The number of ketones is 1. The minimum atomic E-state index is -1.63. The van der Waals surface area contributed by atoms with Gasteiger partial charge in [0.25, 0.3) is 0 Å². The van der Waals surface area contributed by atoms with E-state index in [2.05, 4.69) is 5.10 Å². The van der Waals surface area contributed by atoms with Gasteiger partial charge in [0.2, 0.25) is 0 Å². The Hall–Kier alpha value is -1.96. The van der Waals surface area contributed by atoms with Crippen molar-refractivity contribution in [2.75, 3.05) is 28.3 Å². The largest absolute Gasteiger partial charge is 0.469 e. The highest BCUT2D eigenvalue weighted by molar-refractivity contribution is 6.05. The van der Waals surface area contributed by atoms with Crippen molar-refractivity contribution < 1.29 is 29.0 Å². The van der Waals surface area contributed by atoms with Crippen LogP contribution in [0.1, 0.15) is 20.3 Å². The molecule has 1 aliphatic rings. The maximum absolute atomic E-state index is 12.7. The molecule has 0 aromatic rings. The fourth-order valence-corrected chi connectivity index (χ4v) is 3.30. The third-order valence-electron chi connectivity index (χ3n) is 4.74. The number of rotatable bonds is 5. The number of ether oxygens (including phenoxy) is 2. The molecule has 8 heteroatoms. The van der Waals surface area contributed by atoms with Gasteiger partial charge < -0.3 is 19.6 Å². The Balaban J connectivity index is 3.54. The molecule has 24 heavy (non-hydrogen) atoms. The minimum absolute atomic E-state index is 0.153. The average molecular weight is 342 g/mol. The molecule has 0 aromatic heterocycles. The van der Waals surface area contributed by atoms with Crippen LogP contribution in [0.2, 0.25) is 0 Å². The maximum Gasteiger partial charge on any atom is 0.316 e. The number of Topliss-reactive ketones (excluding diaryl/α,β-unsaturated/α-hetero) is 1. The van der Waals surface area contributed by atoms with Gasteiger partial charge in [-0.05, 0) is 6.42 Å². The van der Waals surface area contributed by atoms with Gasteiger partial charge in [0.15, 0.2) is 5.78 Å². The summed E-state index contributed by atoms with van der Waals surface area (Å²) in [7, 11) is 5.70. The molecule has 0 heterocycles. The molecule has 0 aromatic carbocycles. The number of esters is 2. The van der Waals surface area contributed by atoms with Crippen LogP contribution in [-0.2, 0) is 23.9 Å². The van der Waals surface area contributed by atoms with Gasteiger partial charge in [-0.15, -0.1) is 0 Å². The number of hydrogen-bond acceptors (Lipinski definition) is 8. The molecule has 0 amide bonds. The first-order valence-electron chi connectivity index (χ1n) is 7.78. The van der Waals surface area contributed by atoms with Crippen LogP contribution < -0.4 is 0 Å². The molecule has 1 rings (SSSR count). The first-order chi connectivity index (χ1) is 11.1. The van der Waals surface area contributed by atoms with Crippen LogP contribution in [0.3, 0.4) is 0 Å². The van der Waals surface area contributed by atoms with Crippen molar-refractivity contribution in [3.05, 3.63) is 0 Å². The van der Waals surface area contributed by atoms with E-state index in [0.717, 1.165) is 0 Å². The van der Waals surface area contributed by atoms with Gasteiger partial charge in [-0.25, -0.2) is 0 Å². The Morgan fingerprint density at radius 3 is 2.25 bits per heavy atom. The summed E-state index contributed by atoms with van der Waals surface area (Å²) >= 11 is 0. The first-order valence-corrected chi connectivity index (χ1v) is 7.78. The molecule has 8 nitrogen and oxygen atoms in total. The molecule has 0 aliphatic heterocycles. The molecule has 0 bridgehead atoms. The van der Waals surface area contributed by atoms with Crippen LogP contribution >= 0.6 is 0 Å². The molecule has 1 saturated carbocycles. The predicted molar refractivity (Wildman–Crippen MR) is 86.1 cm³/mol. The van der Waals surface area contributed by atoms with E-state index >= 15 is 0 Å². The van der Waals surface area contributed by atoms with Crippen LogP contribution in [0.5, 0.6) is 0 Å². The molecule has 0 radical (unpaired) electrons. The molecule has 1 N–H and O–H groups in total. The number of hydrogen-bond donors (Lipinski definition) is 1. The van der Waals surface area contributed by atoms with Crippen molar-refractivity contribution in [2.24, 2.45) is 28.8 Å². The normalized spacial score (nSPS) is 33.4. The maximum atomic E-state index is 12.7. The van der Waals surface area contributed by atoms with E-state index in [1.807, 2.05) is 0 Å². The van der Waals surface area contributed by atoms with Crippen molar-refractivity contribution in [1.82, 2.24) is 5.01 Å². The van der Waals surface area contributed by atoms with Crippen LogP contribution in [0.25, 0.3) is 0 Å². The standard InChI is InChI=1S/C16H26N2O6/c1-7-16(22)9(2)13(19)11(14(20)23-5)10(8-17-18(3)4)12(16)15(21)24-6/h8-12,22H,7H2,1-6H3/b17-8+. The molecule has 1 fully saturated rings. The second-order valence-corrected chi connectivity index (χ2v) is 6.16. The summed E-state index contributed by atoms with van der Waals surface area (Å²) in [5.74, 6) is -6.11. The van der Waals surface area contributed by atoms with Gasteiger partial charge >= 0.3 is 11.9 Å². The lowest BCUT2D eigenvalue weighted by molar-refractivity contribution is -0.182. The Morgan fingerprint density at radius 1 is 1.29 bits per heavy atom. The van der Waals surface area contributed by atoms with Gasteiger partial charge in [0.05, 0.1) is 25.7 Å². The van der Waals surface area contributed by atoms with E-state index in [9.17, 15) is 19.5 Å². The van der Waals surface area contributed by atoms with E-state index in [-0.39, 0.29) is 6.42 Å². The van der Waals surface area contributed by atoms with Crippen LogP contribution in [-0.4, -0.2) is 68.0 Å². The fraction of sp³-hybridized carbons (Fsp3) is 0.750. The van der Waals surface area contributed by atoms with Crippen molar-refractivity contribution in [2.45, 2.75) is 25.9 Å². The molecule has 0 saturated heterocycles. The molecular formula is C16H26N2O6. The number of hydrazone groups is 1. The van der Waals surface area contributed by atoms with E-state index in [0.29, 0.717) is 0 Å². The van der Waals surface area contributed by atoms with Crippen molar-refractivity contribution in [3.63, 3.8) is 0 Å². The lowest BCUT2D eigenvalue weighted by atomic mass is 9.58. The molecule has 1 aliphatic carbocycles. The van der Waals surface area contributed by atoms with Gasteiger partial charge in [-0.1, -0.05) is 13.8 Å². The number of carbonyl (C=O) groups excluding carboxylic acids is 3. The molecule has 5 atom stereocenters. The summed E-state index contributed by atoms with van der Waals surface area (Å²) in [5.41, 5.74) is -1.63. The fourth-order valence-electron chi connectivity index (χ4n) is 3.30. The summed E-state index contributed by atoms with van der Waals surface area (Å²) in [5, 5.41) is 16.6. The summed E-state index contributed by atoms with van der Waals surface area (Å²) in [4.78, 5) is 37.3. The third kappa shape index (κ3) is 3.43. The van der Waals surface area contributed by atoms with Crippen molar-refractivity contribution >= 4 is 23.9 Å².